The van der Waals surface area contributed by atoms with Crippen LogP contribution in [-0.2, 0) is 14.8 Å². The standard InChI is InChI=1S/C8H16N2O3S/c1-6(2)9-5-8(11)10-14(12,13)7-3-4-7/h6-7,9H,3-5H2,1-2H3,(H,10,11). The summed E-state index contributed by atoms with van der Waals surface area (Å²) < 4.78 is 24.6. The minimum atomic E-state index is -3.37. The Kier molecular flexibility index (Phi) is 3.49. The molecule has 1 fully saturated rings. The molecule has 6 heteroatoms. The molecule has 0 bridgehead atoms. The summed E-state index contributed by atoms with van der Waals surface area (Å²) in [4.78, 5) is 11.1. The first-order valence-electron chi connectivity index (χ1n) is 4.69. The van der Waals surface area contributed by atoms with Crippen molar-refractivity contribution >= 4 is 15.9 Å². The van der Waals surface area contributed by atoms with Crippen molar-refractivity contribution < 1.29 is 13.2 Å². The van der Waals surface area contributed by atoms with E-state index in [-0.39, 0.29) is 17.8 Å². The van der Waals surface area contributed by atoms with Gasteiger partial charge in [-0.15, -0.1) is 0 Å². The third-order valence-electron chi connectivity index (χ3n) is 1.89. The van der Waals surface area contributed by atoms with E-state index < -0.39 is 15.9 Å². The molecule has 5 nitrogen and oxygen atoms in total. The number of carbonyl (C=O) groups excluding carboxylic acids is 1. The van der Waals surface area contributed by atoms with Crippen LogP contribution in [0.4, 0.5) is 0 Å². The highest BCUT2D eigenvalue weighted by Crippen LogP contribution is 2.27. The first-order chi connectivity index (χ1) is 6.42. The van der Waals surface area contributed by atoms with Crippen molar-refractivity contribution in [3.05, 3.63) is 0 Å². The number of amides is 1. The van der Waals surface area contributed by atoms with Crippen molar-refractivity contribution in [1.82, 2.24) is 10.0 Å². The highest BCUT2D eigenvalue weighted by atomic mass is 32.2. The molecular weight excluding hydrogens is 204 g/mol. The average molecular weight is 220 g/mol. The smallest absolute Gasteiger partial charge is 0.247 e. The van der Waals surface area contributed by atoms with Gasteiger partial charge in [0.25, 0.3) is 0 Å². The van der Waals surface area contributed by atoms with Crippen molar-refractivity contribution in [2.75, 3.05) is 6.54 Å². The van der Waals surface area contributed by atoms with Gasteiger partial charge in [0.1, 0.15) is 0 Å². The fraction of sp³-hybridized carbons (Fsp3) is 0.875. The Morgan fingerprint density at radius 2 is 2.00 bits per heavy atom. The molecule has 0 saturated heterocycles. The topological polar surface area (TPSA) is 75.3 Å². The lowest BCUT2D eigenvalue weighted by atomic mass is 10.4. The summed E-state index contributed by atoms with van der Waals surface area (Å²) in [5, 5.41) is 2.51. The first-order valence-corrected chi connectivity index (χ1v) is 6.24. The summed E-state index contributed by atoms with van der Waals surface area (Å²) in [6.45, 7) is 3.83. The lowest BCUT2D eigenvalue weighted by molar-refractivity contribution is -0.118. The SMILES string of the molecule is CC(C)NCC(=O)NS(=O)(=O)C1CC1. The van der Waals surface area contributed by atoms with E-state index in [1.54, 1.807) is 0 Å². The summed E-state index contributed by atoms with van der Waals surface area (Å²) in [6.07, 6.45) is 1.33. The van der Waals surface area contributed by atoms with Gasteiger partial charge in [-0.1, -0.05) is 13.8 Å². The van der Waals surface area contributed by atoms with Crippen LogP contribution in [0.25, 0.3) is 0 Å². The van der Waals surface area contributed by atoms with E-state index in [1.165, 1.54) is 0 Å². The van der Waals surface area contributed by atoms with E-state index in [0.717, 1.165) is 0 Å². The second-order valence-electron chi connectivity index (χ2n) is 3.81. The van der Waals surface area contributed by atoms with E-state index in [4.69, 9.17) is 0 Å². The van der Waals surface area contributed by atoms with Crippen LogP contribution in [0.1, 0.15) is 26.7 Å². The van der Waals surface area contributed by atoms with Crippen LogP contribution in [0.3, 0.4) is 0 Å². The first kappa shape index (κ1) is 11.5. The van der Waals surface area contributed by atoms with Crippen molar-refractivity contribution in [2.24, 2.45) is 0 Å². The summed E-state index contributed by atoms with van der Waals surface area (Å²) in [6, 6.07) is 0.171. The van der Waals surface area contributed by atoms with Gasteiger partial charge >= 0.3 is 0 Å². The maximum Gasteiger partial charge on any atom is 0.247 e. The molecule has 0 aromatic heterocycles. The van der Waals surface area contributed by atoms with Gasteiger partial charge in [-0.05, 0) is 12.8 Å². The maximum atomic E-state index is 11.3. The van der Waals surface area contributed by atoms with Gasteiger partial charge in [-0.2, -0.15) is 0 Å². The number of rotatable bonds is 5. The molecule has 0 aliphatic heterocycles. The third-order valence-corrected chi connectivity index (χ3v) is 3.75. The van der Waals surface area contributed by atoms with Gasteiger partial charge in [0.2, 0.25) is 15.9 Å². The molecule has 0 aromatic carbocycles. The predicted molar refractivity (Wildman–Crippen MR) is 53.2 cm³/mol. The van der Waals surface area contributed by atoms with Crippen LogP contribution in [-0.4, -0.2) is 32.2 Å². The summed E-state index contributed by atoms with van der Waals surface area (Å²) in [7, 11) is -3.37. The molecule has 0 spiro atoms. The molecule has 1 saturated carbocycles. The Morgan fingerprint density at radius 3 is 2.43 bits per heavy atom. The normalized spacial score (nSPS) is 17.1. The van der Waals surface area contributed by atoms with Crippen LogP contribution in [0.2, 0.25) is 0 Å². The van der Waals surface area contributed by atoms with Crippen molar-refractivity contribution in [1.29, 1.82) is 0 Å². The highest BCUT2D eigenvalue weighted by Gasteiger charge is 2.36. The number of nitrogens with one attached hydrogen (secondary N) is 2. The second kappa shape index (κ2) is 4.27. The van der Waals surface area contributed by atoms with Gasteiger partial charge in [0.05, 0.1) is 11.8 Å². The molecular formula is C8H16N2O3S. The van der Waals surface area contributed by atoms with E-state index in [1.807, 2.05) is 18.6 Å². The van der Waals surface area contributed by atoms with Crippen LogP contribution >= 0.6 is 0 Å². The minimum absolute atomic E-state index is 0.0453. The molecule has 0 atom stereocenters. The fourth-order valence-corrected chi connectivity index (χ4v) is 2.27. The molecule has 0 heterocycles. The Bertz CT molecular complexity index is 307. The maximum absolute atomic E-state index is 11.3. The second-order valence-corrected chi connectivity index (χ2v) is 5.77. The lowest BCUT2D eigenvalue weighted by Crippen LogP contribution is -2.41. The molecule has 0 radical (unpaired) electrons. The van der Waals surface area contributed by atoms with Gasteiger partial charge in [-0.3, -0.25) is 9.52 Å². The fourth-order valence-electron chi connectivity index (χ4n) is 0.953. The van der Waals surface area contributed by atoms with Gasteiger partial charge in [0.15, 0.2) is 0 Å². The molecule has 1 aliphatic carbocycles. The summed E-state index contributed by atoms with van der Waals surface area (Å²) in [5.74, 6) is -0.481. The van der Waals surface area contributed by atoms with Gasteiger partial charge in [-0.25, -0.2) is 8.42 Å². The lowest BCUT2D eigenvalue weighted by Gasteiger charge is -2.08. The largest absolute Gasteiger partial charge is 0.306 e. The molecule has 0 unspecified atom stereocenters. The Morgan fingerprint density at radius 1 is 1.43 bits per heavy atom. The molecule has 0 aromatic rings. The highest BCUT2D eigenvalue weighted by molar-refractivity contribution is 7.90. The monoisotopic (exact) mass is 220 g/mol. The van der Waals surface area contributed by atoms with E-state index >= 15 is 0 Å². The molecule has 82 valence electrons. The summed E-state index contributed by atoms with van der Waals surface area (Å²) >= 11 is 0. The van der Waals surface area contributed by atoms with E-state index in [9.17, 15) is 13.2 Å². The predicted octanol–water partition coefficient (Wildman–Crippen LogP) is -0.407. The minimum Gasteiger partial charge on any atom is -0.306 e. The van der Waals surface area contributed by atoms with Crippen LogP contribution in [0, 0.1) is 0 Å². The average Bonchev–Trinajstić information content (AvgIpc) is 2.81. The van der Waals surface area contributed by atoms with Crippen molar-refractivity contribution in [2.45, 2.75) is 38.0 Å². The van der Waals surface area contributed by atoms with E-state index in [0.29, 0.717) is 12.8 Å². The zero-order chi connectivity index (χ0) is 10.8. The van der Waals surface area contributed by atoms with Crippen molar-refractivity contribution in [3.63, 3.8) is 0 Å². The Balaban J connectivity index is 2.33. The molecule has 2 N–H and O–H groups in total. The zero-order valence-corrected chi connectivity index (χ0v) is 9.23. The number of sulfonamides is 1. The van der Waals surface area contributed by atoms with Crippen LogP contribution in [0.15, 0.2) is 0 Å². The van der Waals surface area contributed by atoms with Gasteiger partial charge < -0.3 is 5.32 Å². The molecule has 14 heavy (non-hydrogen) atoms. The number of hydrogen-bond donors (Lipinski definition) is 2. The van der Waals surface area contributed by atoms with Gasteiger partial charge in [0, 0.05) is 6.04 Å². The quantitative estimate of drug-likeness (QED) is 0.660. The molecule has 1 amide bonds. The Labute approximate surface area is 84.3 Å². The molecule has 1 rings (SSSR count). The summed E-state index contributed by atoms with van der Waals surface area (Å²) in [5.41, 5.74) is 0. The zero-order valence-electron chi connectivity index (χ0n) is 8.41. The third kappa shape index (κ3) is 3.63. The number of carbonyl (C=O) groups is 1. The van der Waals surface area contributed by atoms with Crippen molar-refractivity contribution in [3.8, 4) is 0 Å². The Hall–Kier alpha value is -0.620. The van der Waals surface area contributed by atoms with E-state index in [2.05, 4.69) is 5.32 Å². The molecule has 1 aliphatic rings. The number of hydrogen-bond acceptors (Lipinski definition) is 4. The van der Waals surface area contributed by atoms with Crippen LogP contribution < -0.4 is 10.0 Å². The van der Waals surface area contributed by atoms with Crippen LogP contribution in [0.5, 0.6) is 0 Å².